The largest absolute Gasteiger partial charge is 0.492 e. The van der Waals surface area contributed by atoms with Gasteiger partial charge in [-0.25, -0.2) is 14.4 Å². The summed E-state index contributed by atoms with van der Waals surface area (Å²) < 4.78 is 20.4. The number of nitrogens with one attached hydrogen (secondary N) is 2. The number of likely N-dealkylation sites (N-methyl/N-ethyl adjacent to an activating group) is 1. The first-order valence-electron chi connectivity index (χ1n) is 13.6. The quantitative estimate of drug-likeness (QED) is 0.252. The van der Waals surface area contributed by atoms with Crippen molar-refractivity contribution in [1.82, 2.24) is 40.0 Å². The summed E-state index contributed by atoms with van der Waals surface area (Å²) in [5.41, 5.74) is 12.4. The molecular formula is C30H29FN10O. The Hall–Kier alpha value is -4.94. The first kappa shape index (κ1) is 26.0. The number of H-pyrrole nitrogens is 2. The van der Waals surface area contributed by atoms with Crippen molar-refractivity contribution in [1.29, 1.82) is 0 Å². The monoisotopic (exact) mass is 564 g/mol. The minimum Gasteiger partial charge on any atom is -0.492 e. The smallest absolute Gasteiger partial charge is 0.147 e. The SMILES string of the molecule is CN(C)CCOc1cc(F)cc(-c2cncc3[nH]c(-c4n[nH]c5ccc(-c6cncc(N7CC(N)C7)n6)nc45)cc23)c1. The molecule has 1 fully saturated rings. The Morgan fingerprint density at radius 1 is 1.00 bits per heavy atom. The molecule has 0 unspecified atom stereocenters. The van der Waals surface area contributed by atoms with Gasteiger partial charge in [0.2, 0.25) is 0 Å². The topological polar surface area (TPSA) is 138 Å². The van der Waals surface area contributed by atoms with E-state index in [-0.39, 0.29) is 11.9 Å². The molecule has 1 aliphatic rings. The Labute approximate surface area is 240 Å². The summed E-state index contributed by atoms with van der Waals surface area (Å²) >= 11 is 0. The second kappa shape index (κ2) is 10.5. The van der Waals surface area contributed by atoms with E-state index in [1.807, 2.05) is 43.3 Å². The summed E-state index contributed by atoms with van der Waals surface area (Å²) in [6.07, 6.45) is 6.92. The second-order valence-electron chi connectivity index (χ2n) is 10.8. The lowest BCUT2D eigenvalue weighted by molar-refractivity contribution is 0.260. The molecular weight excluding hydrogens is 535 g/mol. The third-order valence-electron chi connectivity index (χ3n) is 7.32. The van der Waals surface area contributed by atoms with Crippen LogP contribution in [0.25, 0.3) is 55.8 Å². The molecule has 1 aliphatic heterocycles. The molecule has 0 bridgehead atoms. The van der Waals surface area contributed by atoms with Gasteiger partial charge >= 0.3 is 0 Å². The number of benzene rings is 1. The number of halogens is 1. The summed E-state index contributed by atoms with van der Waals surface area (Å²) in [4.78, 5) is 26.0. The van der Waals surface area contributed by atoms with Gasteiger partial charge in [0.05, 0.1) is 41.0 Å². The normalized spacial score (nSPS) is 13.8. The summed E-state index contributed by atoms with van der Waals surface area (Å²) in [6, 6.07) is 10.7. The van der Waals surface area contributed by atoms with E-state index < -0.39 is 0 Å². The molecule has 6 aromatic rings. The van der Waals surface area contributed by atoms with Crippen LogP contribution in [0.15, 0.2) is 61.2 Å². The van der Waals surface area contributed by atoms with Gasteiger partial charge in [-0.1, -0.05) is 0 Å². The number of aromatic amines is 2. The molecule has 4 N–H and O–H groups in total. The first-order chi connectivity index (χ1) is 20.4. The second-order valence-corrected chi connectivity index (χ2v) is 10.8. The lowest BCUT2D eigenvalue weighted by atomic mass is 10.0. The number of hydrogen-bond acceptors (Lipinski definition) is 9. The van der Waals surface area contributed by atoms with Gasteiger partial charge in [0.25, 0.3) is 0 Å². The Morgan fingerprint density at radius 2 is 1.86 bits per heavy atom. The molecule has 5 aromatic heterocycles. The molecule has 0 saturated carbocycles. The third kappa shape index (κ3) is 4.91. The number of rotatable bonds is 8. The summed E-state index contributed by atoms with van der Waals surface area (Å²) in [5, 5.41) is 8.52. The van der Waals surface area contributed by atoms with Gasteiger partial charge in [-0.15, -0.1) is 0 Å². The minimum absolute atomic E-state index is 0.162. The zero-order chi connectivity index (χ0) is 28.8. The maximum atomic E-state index is 14.6. The average Bonchev–Trinajstić information content (AvgIpc) is 3.59. The Balaban J connectivity index is 1.24. The molecule has 0 atom stereocenters. The highest BCUT2D eigenvalue weighted by molar-refractivity contribution is 6.00. The van der Waals surface area contributed by atoms with Crippen LogP contribution in [0, 0.1) is 5.82 Å². The first-order valence-corrected chi connectivity index (χ1v) is 13.6. The summed E-state index contributed by atoms with van der Waals surface area (Å²) in [6.45, 7) is 2.70. The fraction of sp³-hybridized carbons (Fsp3) is 0.233. The Morgan fingerprint density at radius 3 is 2.69 bits per heavy atom. The van der Waals surface area contributed by atoms with Crippen molar-refractivity contribution in [2.75, 3.05) is 45.2 Å². The third-order valence-corrected chi connectivity index (χ3v) is 7.32. The van der Waals surface area contributed by atoms with Crippen LogP contribution in [0.3, 0.4) is 0 Å². The van der Waals surface area contributed by atoms with Crippen LogP contribution < -0.4 is 15.4 Å². The molecule has 0 spiro atoms. The minimum atomic E-state index is -0.376. The van der Waals surface area contributed by atoms with E-state index in [1.54, 1.807) is 24.8 Å². The van der Waals surface area contributed by atoms with Crippen molar-refractivity contribution in [3.63, 3.8) is 0 Å². The van der Waals surface area contributed by atoms with Crippen LogP contribution in [0.1, 0.15) is 0 Å². The van der Waals surface area contributed by atoms with Gasteiger partial charge in [-0.05, 0) is 50.0 Å². The number of fused-ring (bicyclic) bond motifs is 2. The van der Waals surface area contributed by atoms with Crippen molar-refractivity contribution < 1.29 is 9.13 Å². The average molecular weight is 565 g/mol. The zero-order valence-corrected chi connectivity index (χ0v) is 23.2. The van der Waals surface area contributed by atoms with E-state index in [2.05, 4.69) is 30.0 Å². The molecule has 42 heavy (non-hydrogen) atoms. The van der Waals surface area contributed by atoms with Crippen LogP contribution in [0.4, 0.5) is 10.2 Å². The highest BCUT2D eigenvalue weighted by Crippen LogP contribution is 2.35. The number of ether oxygens (including phenoxy) is 1. The number of aromatic nitrogens is 7. The predicted molar refractivity (Wildman–Crippen MR) is 160 cm³/mol. The number of nitrogens with zero attached hydrogens (tertiary/aromatic N) is 7. The van der Waals surface area contributed by atoms with E-state index in [9.17, 15) is 4.39 Å². The van der Waals surface area contributed by atoms with E-state index in [0.717, 1.165) is 53.1 Å². The predicted octanol–water partition coefficient (Wildman–Crippen LogP) is 3.85. The van der Waals surface area contributed by atoms with Gasteiger partial charge < -0.3 is 25.3 Å². The van der Waals surface area contributed by atoms with E-state index in [4.69, 9.17) is 20.4 Å². The fourth-order valence-electron chi connectivity index (χ4n) is 5.12. The van der Waals surface area contributed by atoms with Gasteiger partial charge in [-0.2, -0.15) is 5.10 Å². The number of anilines is 1. The van der Waals surface area contributed by atoms with E-state index >= 15 is 0 Å². The van der Waals surface area contributed by atoms with Crippen molar-refractivity contribution >= 4 is 27.8 Å². The van der Waals surface area contributed by atoms with E-state index in [0.29, 0.717) is 40.5 Å². The standard InChI is InChI=1S/C30H29FN10O/c1-40(2)5-6-42-20-8-17(7-18(31)9-20)22-11-33-12-26-21(22)10-25(35-26)30-29-24(38-39-30)4-3-23(37-29)27-13-34-14-28(36-27)41-15-19(32)16-41/h3-4,7-14,19,35H,5-6,15-16,32H2,1-2H3,(H,38,39). The maximum absolute atomic E-state index is 14.6. The van der Waals surface area contributed by atoms with Crippen LogP contribution in [0.2, 0.25) is 0 Å². The highest BCUT2D eigenvalue weighted by Gasteiger charge is 2.25. The van der Waals surface area contributed by atoms with Crippen molar-refractivity contribution in [3.8, 4) is 39.7 Å². The fourth-order valence-corrected chi connectivity index (χ4v) is 5.12. The zero-order valence-electron chi connectivity index (χ0n) is 23.2. The van der Waals surface area contributed by atoms with Crippen LogP contribution in [0.5, 0.6) is 5.75 Å². The molecule has 12 heteroatoms. The molecule has 0 amide bonds. The molecule has 0 aliphatic carbocycles. The van der Waals surface area contributed by atoms with Gasteiger partial charge in [-0.3, -0.25) is 15.1 Å². The molecule has 6 heterocycles. The lowest BCUT2D eigenvalue weighted by Gasteiger charge is -2.37. The molecule has 7 rings (SSSR count). The van der Waals surface area contributed by atoms with Gasteiger partial charge in [0.1, 0.15) is 40.9 Å². The molecule has 1 saturated heterocycles. The van der Waals surface area contributed by atoms with Gasteiger partial charge in [0.15, 0.2) is 0 Å². The summed E-state index contributed by atoms with van der Waals surface area (Å²) in [5.74, 6) is 0.876. The molecule has 212 valence electrons. The number of hydrogen-bond donors (Lipinski definition) is 3. The van der Waals surface area contributed by atoms with Crippen molar-refractivity contribution in [2.45, 2.75) is 6.04 Å². The number of nitrogens with two attached hydrogens (primary N) is 1. The number of pyridine rings is 2. The van der Waals surface area contributed by atoms with Gasteiger partial charge in [0, 0.05) is 48.9 Å². The summed E-state index contributed by atoms with van der Waals surface area (Å²) in [7, 11) is 3.93. The molecule has 11 nitrogen and oxygen atoms in total. The Kier molecular flexibility index (Phi) is 6.48. The van der Waals surface area contributed by atoms with Crippen molar-refractivity contribution in [3.05, 3.63) is 67.0 Å². The van der Waals surface area contributed by atoms with Crippen LogP contribution in [-0.2, 0) is 0 Å². The molecule has 0 radical (unpaired) electrons. The maximum Gasteiger partial charge on any atom is 0.147 e. The molecule has 1 aromatic carbocycles. The highest BCUT2D eigenvalue weighted by atomic mass is 19.1. The Bertz CT molecular complexity index is 1910. The van der Waals surface area contributed by atoms with Crippen molar-refractivity contribution in [2.24, 2.45) is 5.73 Å². The lowest BCUT2D eigenvalue weighted by Crippen LogP contribution is -2.56. The van der Waals surface area contributed by atoms with Crippen LogP contribution >= 0.6 is 0 Å². The van der Waals surface area contributed by atoms with E-state index in [1.165, 1.54) is 12.1 Å². The van der Waals surface area contributed by atoms with Crippen LogP contribution in [-0.4, -0.2) is 86.4 Å².